The first kappa shape index (κ1) is 33.7. The van der Waals surface area contributed by atoms with Crippen molar-refractivity contribution in [1.29, 1.82) is 0 Å². The lowest BCUT2D eigenvalue weighted by Crippen LogP contribution is -2.44. The summed E-state index contributed by atoms with van der Waals surface area (Å²) < 4.78 is 32.1. The van der Waals surface area contributed by atoms with Crippen LogP contribution >= 0.6 is 0 Å². The zero-order valence-electron chi connectivity index (χ0n) is 27.3. The van der Waals surface area contributed by atoms with E-state index in [1.54, 1.807) is 0 Å². The number of fused-ring (bicyclic) bond motifs is 4. The maximum Gasteiger partial charge on any atom is 0.311 e. The second-order valence-electron chi connectivity index (χ2n) is 13.8. The predicted molar refractivity (Wildman–Crippen MR) is 162 cm³/mol. The third-order valence-electron chi connectivity index (χ3n) is 10.7. The van der Waals surface area contributed by atoms with Crippen molar-refractivity contribution in [3.8, 4) is 0 Å². The van der Waals surface area contributed by atoms with Crippen molar-refractivity contribution in [3.05, 3.63) is 0 Å². The highest BCUT2D eigenvalue weighted by molar-refractivity contribution is 5.73. The molecule has 0 aromatic heterocycles. The minimum atomic E-state index is -0.364. The predicted octanol–water partition coefficient (Wildman–Crippen LogP) is 5.98. The number of hydrogen-bond donors (Lipinski definition) is 1. The molecule has 4 bridgehead atoms. The van der Waals surface area contributed by atoms with E-state index < -0.39 is 0 Å². The van der Waals surface area contributed by atoms with Crippen LogP contribution in [0.4, 0.5) is 0 Å². The minimum Gasteiger partial charge on any atom is -0.462 e. The summed E-state index contributed by atoms with van der Waals surface area (Å²) in [7, 11) is 2.03. The molecule has 0 radical (unpaired) electrons. The topological polar surface area (TPSA) is 92.3 Å². The van der Waals surface area contributed by atoms with E-state index in [-0.39, 0.29) is 84.4 Å². The minimum absolute atomic E-state index is 0.0171. The summed E-state index contributed by atoms with van der Waals surface area (Å²) in [6, 6.07) is 0.458. The molecule has 0 spiro atoms. The van der Waals surface area contributed by atoms with E-state index in [1.165, 1.54) is 0 Å². The normalized spacial score (nSPS) is 41.4. The van der Waals surface area contributed by atoms with Crippen molar-refractivity contribution in [2.45, 2.75) is 173 Å². The van der Waals surface area contributed by atoms with E-state index in [0.29, 0.717) is 12.5 Å². The molecule has 4 heterocycles. The van der Waals surface area contributed by atoms with Crippen molar-refractivity contribution in [2.75, 3.05) is 7.05 Å². The van der Waals surface area contributed by atoms with Gasteiger partial charge in [0.2, 0.25) is 0 Å². The molecule has 0 unspecified atom stereocenters. The van der Waals surface area contributed by atoms with Gasteiger partial charge in [0.05, 0.1) is 48.5 Å². The fraction of sp³-hybridized carbons (Fsp3) is 0.941. The van der Waals surface area contributed by atoms with E-state index in [0.717, 1.165) is 70.6 Å². The van der Waals surface area contributed by atoms with Crippen LogP contribution in [0.2, 0.25) is 0 Å². The van der Waals surface area contributed by atoms with Crippen LogP contribution in [0.15, 0.2) is 0 Å². The standard InChI is InChI=1S/C34H59NO7/c1-8-10-24(35-7)18-26-12-14-28(38-26)20(3)32-21(4)29-16-17-31(41-29)23(6)33(36)40-25(11-9-2)19-27-13-15-30(39-27)22(5)34(37)42-32/h20-32,35H,8-19H2,1-7H3/t20-,21-,22-,23-,24-,25-,26+,27+,28-,29+,30-,31-,32+/m1/s1. The zero-order chi connectivity index (χ0) is 30.4. The van der Waals surface area contributed by atoms with E-state index in [9.17, 15) is 9.59 Å². The van der Waals surface area contributed by atoms with Crippen molar-refractivity contribution in [2.24, 2.45) is 23.7 Å². The van der Waals surface area contributed by atoms with Crippen LogP contribution in [-0.2, 0) is 33.3 Å². The van der Waals surface area contributed by atoms with Gasteiger partial charge in [-0.3, -0.25) is 9.59 Å². The first-order chi connectivity index (χ1) is 20.1. The van der Waals surface area contributed by atoms with Gasteiger partial charge in [0, 0.05) is 24.3 Å². The van der Waals surface area contributed by atoms with Crippen LogP contribution in [0, 0.1) is 23.7 Å². The van der Waals surface area contributed by atoms with Gasteiger partial charge in [0.15, 0.2) is 0 Å². The third-order valence-corrected chi connectivity index (χ3v) is 10.7. The molecule has 4 aliphatic heterocycles. The van der Waals surface area contributed by atoms with Gasteiger partial charge in [0.1, 0.15) is 12.2 Å². The highest BCUT2D eigenvalue weighted by Gasteiger charge is 2.46. The molecule has 0 aromatic rings. The average Bonchev–Trinajstić information content (AvgIpc) is 3.75. The van der Waals surface area contributed by atoms with Gasteiger partial charge in [-0.05, 0) is 78.7 Å². The largest absolute Gasteiger partial charge is 0.462 e. The lowest BCUT2D eigenvalue weighted by atomic mass is 9.84. The molecule has 4 aliphatic rings. The Balaban J connectivity index is 1.51. The second-order valence-corrected chi connectivity index (χ2v) is 13.8. The molecule has 0 aromatic carbocycles. The third kappa shape index (κ3) is 8.28. The van der Waals surface area contributed by atoms with E-state index in [4.69, 9.17) is 23.7 Å². The van der Waals surface area contributed by atoms with Crippen LogP contribution in [0.5, 0.6) is 0 Å². The van der Waals surface area contributed by atoms with Crippen LogP contribution in [0.3, 0.4) is 0 Å². The van der Waals surface area contributed by atoms with Gasteiger partial charge >= 0.3 is 11.9 Å². The van der Waals surface area contributed by atoms with Gasteiger partial charge in [-0.1, -0.05) is 40.5 Å². The molecule has 13 atom stereocenters. The van der Waals surface area contributed by atoms with Crippen LogP contribution < -0.4 is 5.32 Å². The number of carbonyl (C=O) groups is 2. The smallest absolute Gasteiger partial charge is 0.311 e. The Hall–Kier alpha value is -1.22. The van der Waals surface area contributed by atoms with Crippen molar-refractivity contribution < 1.29 is 33.3 Å². The molecule has 8 heteroatoms. The van der Waals surface area contributed by atoms with Crippen molar-refractivity contribution in [3.63, 3.8) is 0 Å². The molecule has 8 nitrogen and oxygen atoms in total. The number of esters is 2. The summed E-state index contributed by atoms with van der Waals surface area (Å²) in [6.45, 7) is 12.5. The summed E-state index contributed by atoms with van der Waals surface area (Å²) >= 11 is 0. The lowest BCUT2D eigenvalue weighted by Gasteiger charge is -2.36. The zero-order valence-corrected chi connectivity index (χ0v) is 27.3. The summed E-state index contributed by atoms with van der Waals surface area (Å²) in [6.07, 6.45) is 10.3. The monoisotopic (exact) mass is 593 g/mol. The van der Waals surface area contributed by atoms with E-state index in [1.807, 2.05) is 20.9 Å². The Morgan fingerprint density at radius 2 is 1.45 bits per heavy atom. The number of rotatable bonds is 9. The number of nitrogens with one attached hydrogen (secondary N) is 1. The highest BCUT2D eigenvalue weighted by atomic mass is 16.6. The summed E-state index contributed by atoms with van der Waals surface area (Å²) in [5.74, 6) is -1.08. The Morgan fingerprint density at radius 1 is 0.786 bits per heavy atom. The average molecular weight is 594 g/mol. The van der Waals surface area contributed by atoms with Gasteiger partial charge < -0.3 is 29.0 Å². The molecule has 1 N–H and O–H groups in total. The summed E-state index contributed by atoms with van der Waals surface area (Å²) in [5.41, 5.74) is 0. The number of ether oxygens (including phenoxy) is 5. The Morgan fingerprint density at radius 3 is 2.14 bits per heavy atom. The SMILES string of the molecule is CCC[C@H](C[C@@H]1CC[C@H]([C@@H](C)[C@@H]2OC(=O)[C@H](C)[C@H]3CC[C@@H](C[C@@H](CCC)OC(=O)[C@H](C)[C@H]4CC[C@H](O4)[C@H]2C)O3)O1)NC. The van der Waals surface area contributed by atoms with Crippen LogP contribution in [0.1, 0.15) is 119 Å². The molecule has 4 fully saturated rings. The molecule has 0 saturated carbocycles. The molecule has 0 amide bonds. The summed E-state index contributed by atoms with van der Waals surface area (Å²) in [5, 5.41) is 3.45. The Bertz CT molecular complexity index is 869. The fourth-order valence-corrected chi connectivity index (χ4v) is 7.83. The number of cyclic esters (lactones) is 2. The van der Waals surface area contributed by atoms with Gasteiger partial charge in [-0.2, -0.15) is 0 Å². The molecular weight excluding hydrogens is 534 g/mol. The fourth-order valence-electron chi connectivity index (χ4n) is 7.83. The quantitative estimate of drug-likeness (QED) is 0.327. The van der Waals surface area contributed by atoms with Gasteiger partial charge in [0.25, 0.3) is 0 Å². The molecule has 42 heavy (non-hydrogen) atoms. The molecular formula is C34H59NO7. The van der Waals surface area contributed by atoms with E-state index >= 15 is 0 Å². The second kappa shape index (κ2) is 15.7. The van der Waals surface area contributed by atoms with Gasteiger partial charge in [-0.25, -0.2) is 0 Å². The maximum atomic E-state index is 13.7. The lowest BCUT2D eigenvalue weighted by molar-refractivity contribution is -0.175. The first-order valence-corrected chi connectivity index (χ1v) is 17.2. The highest BCUT2D eigenvalue weighted by Crippen LogP contribution is 2.39. The van der Waals surface area contributed by atoms with Crippen molar-refractivity contribution in [1.82, 2.24) is 5.32 Å². The van der Waals surface area contributed by atoms with Crippen LogP contribution in [0.25, 0.3) is 0 Å². The molecule has 4 saturated heterocycles. The Kier molecular flexibility index (Phi) is 12.6. The summed E-state index contributed by atoms with van der Waals surface area (Å²) in [4.78, 5) is 26.9. The Labute approximate surface area is 254 Å². The first-order valence-electron chi connectivity index (χ1n) is 17.2. The molecule has 0 aliphatic carbocycles. The maximum absolute atomic E-state index is 13.7. The van der Waals surface area contributed by atoms with Crippen LogP contribution in [-0.4, -0.2) is 73.9 Å². The number of carbonyl (C=O) groups excluding carboxylic acids is 2. The molecule has 4 rings (SSSR count). The number of hydrogen-bond acceptors (Lipinski definition) is 8. The molecule has 242 valence electrons. The van der Waals surface area contributed by atoms with Gasteiger partial charge in [-0.15, -0.1) is 0 Å². The van der Waals surface area contributed by atoms with Crippen molar-refractivity contribution >= 4 is 11.9 Å². The van der Waals surface area contributed by atoms with E-state index in [2.05, 4.69) is 33.0 Å².